The number of anilines is 1. The zero-order valence-electron chi connectivity index (χ0n) is 28.4. The van der Waals surface area contributed by atoms with Crippen molar-refractivity contribution in [1.29, 1.82) is 0 Å². The van der Waals surface area contributed by atoms with E-state index in [9.17, 15) is 0 Å². The number of furan rings is 1. The zero-order chi connectivity index (χ0) is 32.1. The van der Waals surface area contributed by atoms with Crippen LogP contribution in [0.25, 0.3) is 33.5 Å². The maximum Gasteiger partial charge on any atom is 0.200 e. The molecule has 0 amide bonds. The summed E-state index contributed by atoms with van der Waals surface area (Å²) in [7, 11) is -2.17. The smallest absolute Gasteiger partial charge is 0.200 e. The van der Waals surface area contributed by atoms with Gasteiger partial charge in [0, 0.05) is 51.9 Å². The lowest BCUT2D eigenvalue weighted by Gasteiger charge is -2.42. The summed E-state index contributed by atoms with van der Waals surface area (Å²) in [6, 6.07) is 13.3. The SMILES string of the molecule is CC(C)[Si](OCCCc1nc(-c2ccc3ccoc3c2)c(-c2ccnc(N)c2)n1COCC[SiH2]C(C)(C)C)(C(C)C)C(C)C. The van der Waals surface area contributed by atoms with Crippen LogP contribution in [0.15, 0.2) is 53.3 Å². The van der Waals surface area contributed by atoms with Gasteiger partial charge in [0.05, 0.1) is 17.7 Å². The molecule has 0 aliphatic heterocycles. The lowest BCUT2D eigenvalue weighted by molar-refractivity contribution is 0.0863. The maximum absolute atomic E-state index is 6.92. The Morgan fingerprint density at radius 3 is 2.34 bits per heavy atom. The van der Waals surface area contributed by atoms with Crippen LogP contribution in [0.3, 0.4) is 0 Å². The number of nitrogens with two attached hydrogens (primary N) is 1. The van der Waals surface area contributed by atoms with Crippen LogP contribution in [-0.2, 0) is 22.3 Å². The molecule has 44 heavy (non-hydrogen) atoms. The van der Waals surface area contributed by atoms with Gasteiger partial charge in [-0.3, -0.25) is 0 Å². The molecule has 3 heterocycles. The van der Waals surface area contributed by atoms with E-state index >= 15 is 0 Å². The number of pyridine rings is 1. The Morgan fingerprint density at radius 1 is 0.955 bits per heavy atom. The molecule has 0 unspecified atom stereocenters. The minimum atomic E-state index is -1.94. The number of nitrogen functional groups attached to an aromatic ring is 1. The summed E-state index contributed by atoms with van der Waals surface area (Å²) >= 11 is 0. The summed E-state index contributed by atoms with van der Waals surface area (Å²) in [5, 5.41) is 1.49. The molecule has 0 radical (unpaired) electrons. The first kappa shape index (κ1) is 34.2. The Balaban J connectivity index is 1.70. The molecule has 2 N–H and O–H groups in total. The van der Waals surface area contributed by atoms with Crippen molar-refractivity contribution < 1.29 is 13.6 Å². The monoisotopic (exact) mass is 634 g/mol. The van der Waals surface area contributed by atoms with E-state index in [1.807, 2.05) is 18.2 Å². The number of hydrogen-bond donors (Lipinski definition) is 1. The van der Waals surface area contributed by atoms with Crippen LogP contribution >= 0.6 is 0 Å². The first-order valence-electron chi connectivity index (χ1n) is 16.3. The van der Waals surface area contributed by atoms with Gasteiger partial charge in [0.25, 0.3) is 0 Å². The molecule has 0 aliphatic carbocycles. The van der Waals surface area contributed by atoms with Gasteiger partial charge < -0.3 is 23.9 Å². The van der Waals surface area contributed by atoms with E-state index in [-0.39, 0.29) is 9.52 Å². The second-order valence-electron chi connectivity index (χ2n) is 14.3. The van der Waals surface area contributed by atoms with Crippen molar-refractivity contribution in [3.63, 3.8) is 0 Å². The van der Waals surface area contributed by atoms with Crippen molar-refractivity contribution in [1.82, 2.24) is 14.5 Å². The Labute approximate surface area is 267 Å². The normalized spacial score (nSPS) is 13.1. The topological polar surface area (TPSA) is 88.3 Å². The number of aromatic nitrogens is 3. The van der Waals surface area contributed by atoms with Gasteiger partial charge in [0.2, 0.25) is 0 Å². The van der Waals surface area contributed by atoms with Crippen molar-refractivity contribution >= 4 is 34.6 Å². The number of aryl methyl sites for hydroxylation is 1. The van der Waals surface area contributed by atoms with E-state index in [4.69, 9.17) is 24.3 Å². The lowest BCUT2D eigenvalue weighted by Crippen LogP contribution is -2.48. The van der Waals surface area contributed by atoms with Crippen LogP contribution in [0.5, 0.6) is 0 Å². The van der Waals surface area contributed by atoms with Crippen molar-refractivity contribution in [2.75, 3.05) is 18.9 Å². The summed E-state index contributed by atoms with van der Waals surface area (Å²) in [5.74, 6) is 1.47. The molecule has 0 atom stereocenters. The van der Waals surface area contributed by atoms with E-state index in [2.05, 4.69) is 90.1 Å². The number of benzene rings is 1. The number of fused-ring (bicyclic) bond motifs is 1. The molecule has 240 valence electrons. The molecule has 0 saturated carbocycles. The van der Waals surface area contributed by atoms with Gasteiger partial charge in [0.1, 0.15) is 24.0 Å². The summed E-state index contributed by atoms with van der Waals surface area (Å²) in [5.41, 5.74) is 12.6. The molecule has 4 rings (SSSR count). The minimum Gasteiger partial charge on any atom is -0.464 e. The molecule has 0 fully saturated rings. The number of nitrogens with zero attached hydrogens (tertiary/aromatic N) is 3. The van der Waals surface area contributed by atoms with E-state index in [1.165, 1.54) is 0 Å². The first-order chi connectivity index (χ1) is 20.8. The molecule has 9 heteroatoms. The predicted molar refractivity (Wildman–Crippen MR) is 189 cm³/mol. The van der Waals surface area contributed by atoms with Crippen LogP contribution < -0.4 is 5.73 Å². The van der Waals surface area contributed by atoms with E-state index in [1.54, 1.807) is 12.5 Å². The fourth-order valence-corrected chi connectivity index (χ4v) is 13.8. The molecule has 1 aromatic carbocycles. The number of hydrogen-bond acceptors (Lipinski definition) is 6. The minimum absolute atomic E-state index is 0.226. The largest absolute Gasteiger partial charge is 0.464 e. The zero-order valence-corrected chi connectivity index (χ0v) is 30.9. The predicted octanol–water partition coefficient (Wildman–Crippen LogP) is 8.84. The van der Waals surface area contributed by atoms with Gasteiger partial charge >= 0.3 is 0 Å². The van der Waals surface area contributed by atoms with Crippen LogP contribution in [0.1, 0.15) is 74.6 Å². The third kappa shape index (κ3) is 7.91. The average molecular weight is 635 g/mol. The highest BCUT2D eigenvalue weighted by molar-refractivity contribution is 6.77. The molecule has 3 aromatic heterocycles. The highest BCUT2D eigenvalue weighted by Gasteiger charge is 2.44. The van der Waals surface area contributed by atoms with Gasteiger partial charge in [0.15, 0.2) is 8.32 Å². The Bertz CT molecular complexity index is 1480. The third-order valence-corrected chi connectivity index (χ3v) is 17.1. The fourth-order valence-electron chi connectivity index (χ4n) is 6.86. The molecule has 7 nitrogen and oxygen atoms in total. The van der Waals surface area contributed by atoms with Gasteiger partial charge in [-0.25, -0.2) is 9.97 Å². The Hall–Kier alpha value is -2.73. The summed E-state index contributed by atoms with van der Waals surface area (Å²) in [6.07, 6.45) is 5.17. The first-order valence-corrected chi connectivity index (χ1v) is 20.2. The van der Waals surface area contributed by atoms with Crippen molar-refractivity contribution in [3.8, 4) is 22.5 Å². The maximum atomic E-state index is 6.92. The van der Waals surface area contributed by atoms with Gasteiger partial charge in [-0.05, 0) is 58.4 Å². The van der Waals surface area contributed by atoms with Crippen LogP contribution in [0.2, 0.25) is 27.7 Å². The molecule has 0 bridgehead atoms. The summed E-state index contributed by atoms with van der Waals surface area (Å²) < 4.78 is 21.3. The lowest BCUT2D eigenvalue weighted by atomic mass is 10.0. The van der Waals surface area contributed by atoms with Crippen molar-refractivity contribution in [3.05, 3.63) is 54.7 Å². The van der Waals surface area contributed by atoms with Crippen molar-refractivity contribution in [2.24, 2.45) is 0 Å². The Kier molecular flexibility index (Phi) is 11.3. The second kappa shape index (κ2) is 14.6. The number of imidazole rings is 1. The van der Waals surface area contributed by atoms with E-state index in [0.29, 0.717) is 34.2 Å². The molecular formula is C35H54N4O3Si2. The fraction of sp³-hybridized carbons (Fsp3) is 0.543. The number of ether oxygens (including phenoxy) is 1. The van der Waals surface area contributed by atoms with Crippen LogP contribution in [0, 0.1) is 0 Å². The van der Waals surface area contributed by atoms with Crippen LogP contribution in [-0.4, -0.2) is 45.6 Å². The molecular weight excluding hydrogens is 581 g/mol. The third-order valence-electron chi connectivity index (χ3n) is 8.87. The molecule has 0 aliphatic rings. The van der Waals surface area contributed by atoms with Gasteiger partial charge in [-0.15, -0.1) is 0 Å². The highest BCUT2D eigenvalue weighted by atomic mass is 28.4. The summed E-state index contributed by atoms with van der Waals surface area (Å²) in [6.45, 7) is 23.0. The number of rotatable bonds is 15. The average Bonchev–Trinajstić information content (AvgIpc) is 3.56. The van der Waals surface area contributed by atoms with Crippen molar-refractivity contribution in [2.45, 2.75) is 110 Å². The standard InChI is InChI=1S/C35H54N4O3Si2/c1-24(2)44(25(3)4,26(5)6)42-17-10-11-32-38-33(28-13-12-27-15-18-41-30(27)21-28)34(29-14-16-37-31(36)22-29)39(32)23-40-19-20-43-35(7,8)9/h12-16,18,21-22,24-26H,10-11,17,19-20,23,43H2,1-9H3,(H2,36,37). The molecule has 0 spiro atoms. The van der Waals surface area contributed by atoms with E-state index in [0.717, 1.165) is 71.4 Å². The van der Waals surface area contributed by atoms with Gasteiger partial charge in [-0.1, -0.05) is 74.4 Å². The second-order valence-corrected chi connectivity index (χ2v) is 23.1. The highest BCUT2D eigenvalue weighted by Crippen LogP contribution is 2.42. The Morgan fingerprint density at radius 2 is 1.68 bits per heavy atom. The summed E-state index contributed by atoms with van der Waals surface area (Å²) in [4.78, 5) is 9.57. The molecule has 0 saturated heterocycles. The van der Waals surface area contributed by atoms with Crippen LogP contribution in [0.4, 0.5) is 5.82 Å². The van der Waals surface area contributed by atoms with Gasteiger partial charge in [-0.2, -0.15) is 0 Å². The van der Waals surface area contributed by atoms with E-state index < -0.39 is 8.32 Å². The quantitative estimate of drug-likeness (QED) is 0.104. The molecule has 4 aromatic rings.